The number of nitrogens with zero attached hydrogens (tertiary/aromatic N) is 4. The second-order valence-corrected chi connectivity index (χ2v) is 10.4. The van der Waals surface area contributed by atoms with Crippen molar-refractivity contribution in [1.82, 2.24) is 19.6 Å². The zero-order chi connectivity index (χ0) is 29.1. The number of piperazine rings is 1. The monoisotopic (exact) mass is 577 g/mol. The van der Waals surface area contributed by atoms with Crippen molar-refractivity contribution in [2.45, 2.75) is 12.7 Å². The Hall–Kier alpha value is -4.81. The molecular weight excluding hydrogens is 546 g/mol. The number of benzene rings is 2. The molecule has 2 aromatic carbocycles. The van der Waals surface area contributed by atoms with Crippen LogP contribution in [0.15, 0.2) is 91.5 Å². The van der Waals surface area contributed by atoms with Crippen LogP contribution in [0.4, 0.5) is 5.69 Å². The molecule has 0 unspecified atom stereocenters. The third-order valence-corrected chi connectivity index (χ3v) is 7.48. The van der Waals surface area contributed by atoms with Gasteiger partial charge in [0.05, 0.1) is 18.4 Å². The molecule has 5 rings (SSSR count). The largest absolute Gasteiger partial charge is 0.492 e. The van der Waals surface area contributed by atoms with Crippen LogP contribution in [0.5, 0.6) is 5.75 Å². The minimum Gasteiger partial charge on any atom is -0.492 e. The standard InChI is InChI=1S/C33H31N5O3S/c1-2-41-31-19-27(21-35-23-31)9-8-26-18-29(22-34-20-26)33(40)38-16-14-37(15-17-38)30-12-10-28(11-13-30)32(39)36-42-24-25-6-4-3-5-7-25/h3-7,10-13,18-23H,2,14-17,24H2,1H3,(H,36,39). The maximum absolute atomic E-state index is 13.2. The van der Waals surface area contributed by atoms with Gasteiger partial charge in [-0.1, -0.05) is 42.2 Å². The highest BCUT2D eigenvalue weighted by Crippen LogP contribution is 2.19. The number of amides is 2. The number of carbonyl (C=O) groups is 2. The molecule has 0 radical (unpaired) electrons. The van der Waals surface area contributed by atoms with Gasteiger partial charge < -0.3 is 14.5 Å². The Morgan fingerprint density at radius 2 is 1.55 bits per heavy atom. The highest BCUT2D eigenvalue weighted by atomic mass is 32.2. The van der Waals surface area contributed by atoms with Gasteiger partial charge in [-0.2, -0.15) is 0 Å². The molecule has 0 saturated carbocycles. The Kier molecular flexibility index (Phi) is 9.70. The molecule has 0 atom stereocenters. The summed E-state index contributed by atoms with van der Waals surface area (Å²) in [4.78, 5) is 38.2. The average molecular weight is 578 g/mol. The first-order chi connectivity index (χ1) is 20.6. The number of rotatable bonds is 8. The van der Waals surface area contributed by atoms with Crippen LogP contribution in [0.1, 0.15) is 44.3 Å². The Morgan fingerprint density at radius 3 is 2.26 bits per heavy atom. The van der Waals surface area contributed by atoms with Gasteiger partial charge in [0, 0.05) is 72.9 Å². The normalized spacial score (nSPS) is 12.7. The van der Waals surface area contributed by atoms with Gasteiger partial charge in [0.1, 0.15) is 5.75 Å². The van der Waals surface area contributed by atoms with E-state index in [1.165, 1.54) is 11.9 Å². The predicted octanol–water partition coefficient (Wildman–Crippen LogP) is 4.82. The lowest BCUT2D eigenvalue weighted by Crippen LogP contribution is -2.48. The van der Waals surface area contributed by atoms with Gasteiger partial charge in [-0.3, -0.25) is 24.3 Å². The first-order valence-electron chi connectivity index (χ1n) is 13.7. The Labute approximate surface area is 250 Å². The van der Waals surface area contributed by atoms with Crippen LogP contribution in [0, 0.1) is 11.8 Å². The molecule has 42 heavy (non-hydrogen) atoms. The SMILES string of the molecule is CCOc1cncc(C#Cc2cncc(C(=O)N3CCN(c4ccc(C(=O)NSCc5ccccc5)cc4)CC3)c2)c1. The summed E-state index contributed by atoms with van der Waals surface area (Å²) < 4.78 is 8.39. The first kappa shape index (κ1) is 28.7. The second kappa shape index (κ2) is 14.2. The van der Waals surface area contributed by atoms with Crippen LogP contribution in [0.3, 0.4) is 0 Å². The fourth-order valence-electron chi connectivity index (χ4n) is 4.49. The third kappa shape index (κ3) is 7.68. The molecule has 2 amide bonds. The molecule has 0 bridgehead atoms. The van der Waals surface area contributed by atoms with E-state index < -0.39 is 0 Å². The number of hydrogen-bond donors (Lipinski definition) is 1. The van der Waals surface area contributed by atoms with Crippen molar-refractivity contribution in [2.24, 2.45) is 0 Å². The van der Waals surface area contributed by atoms with E-state index >= 15 is 0 Å². The van der Waals surface area contributed by atoms with Crippen molar-refractivity contribution in [2.75, 3.05) is 37.7 Å². The van der Waals surface area contributed by atoms with Crippen LogP contribution in [-0.2, 0) is 5.75 Å². The summed E-state index contributed by atoms with van der Waals surface area (Å²) in [6.45, 7) is 5.04. The lowest BCUT2D eigenvalue weighted by molar-refractivity contribution is 0.0746. The van der Waals surface area contributed by atoms with Gasteiger partial charge in [-0.25, -0.2) is 0 Å². The fourth-order valence-corrected chi connectivity index (χ4v) is 5.17. The second-order valence-electron chi connectivity index (χ2n) is 9.59. The number of nitrogens with one attached hydrogen (secondary N) is 1. The molecule has 8 nitrogen and oxygen atoms in total. The summed E-state index contributed by atoms with van der Waals surface area (Å²) in [5.41, 5.74) is 4.69. The van der Waals surface area contributed by atoms with E-state index in [1.807, 2.05) is 72.5 Å². The highest BCUT2D eigenvalue weighted by molar-refractivity contribution is 7.97. The highest BCUT2D eigenvalue weighted by Gasteiger charge is 2.23. The number of pyridine rings is 2. The molecule has 0 aliphatic carbocycles. The number of hydrogen-bond acceptors (Lipinski definition) is 7. The lowest BCUT2D eigenvalue weighted by Gasteiger charge is -2.36. The van der Waals surface area contributed by atoms with Gasteiger partial charge >= 0.3 is 0 Å². The van der Waals surface area contributed by atoms with Crippen LogP contribution < -0.4 is 14.4 Å². The van der Waals surface area contributed by atoms with Crippen molar-refractivity contribution in [3.63, 3.8) is 0 Å². The van der Waals surface area contributed by atoms with Crippen LogP contribution in [-0.4, -0.2) is 59.5 Å². The van der Waals surface area contributed by atoms with Crippen molar-refractivity contribution in [3.8, 4) is 17.6 Å². The van der Waals surface area contributed by atoms with Gasteiger partial charge in [-0.05, 0) is 60.8 Å². The molecule has 212 valence electrons. The zero-order valence-electron chi connectivity index (χ0n) is 23.3. The van der Waals surface area contributed by atoms with E-state index in [1.54, 1.807) is 30.9 Å². The predicted molar refractivity (Wildman–Crippen MR) is 165 cm³/mol. The Morgan fingerprint density at radius 1 is 0.857 bits per heavy atom. The molecule has 2 aromatic heterocycles. The Balaban J connectivity index is 1.12. The van der Waals surface area contributed by atoms with Gasteiger partial charge in [0.15, 0.2) is 0 Å². The molecule has 3 heterocycles. The number of carbonyl (C=O) groups excluding carboxylic acids is 2. The summed E-state index contributed by atoms with van der Waals surface area (Å²) in [6, 6.07) is 21.2. The zero-order valence-corrected chi connectivity index (χ0v) is 24.1. The first-order valence-corrected chi connectivity index (χ1v) is 14.7. The molecule has 1 aliphatic heterocycles. The number of ether oxygens (including phenoxy) is 1. The quantitative estimate of drug-likeness (QED) is 0.237. The van der Waals surface area contributed by atoms with Gasteiger partial charge in [-0.15, -0.1) is 0 Å². The van der Waals surface area contributed by atoms with Crippen LogP contribution in [0.25, 0.3) is 0 Å². The smallest absolute Gasteiger partial charge is 0.261 e. The summed E-state index contributed by atoms with van der Waals surface area (Å²) in [5.74, 6) is 7.34. The molecule has 1 N–H and O–H groups in total. The maximum atomic E-state index is 13.2. The van der Waals surface area contributed by atoms with E-state index in [9.17, 15) is 9.59 Å². The van der Waals surface area contributed by atoms with E-state index in [-0.39, 0.29) is 11.8 Å². The minimum absolute atomic E-state index is 0.0640. The van der Waals surface area contributed by atoms with E-state index in [0.717, 1.165) is 16.8 Å². The van der Waals surface area contributed by atoms with Gasteiger partial charge in [0.2, 0.25) is 0 Å². The van der Waals surface area contributed by atoms with Crippen molar-refractivity contribution in [1.29, 1.82) is 0 Å². The summed E-state index contributed by atoms with van der Waals surface area (Å²) in [5, 5.41) is 0. The van der Waals surface area contributed by atoms with Crippen molar-refractivity contribution < 1.29 is 14.3 Å². The maximum Gasteiger partial charge on any atom is 0.261 e. The van der Waals surface area contributed by atoms with E-state index in [4.69, 9.17) is 4.74 Å². The Bertz CT molecular complexity index is 1580. The van der Waals surface area contributed by atoms with E-state index in [0.29, 0.717) is 61.0 Å². The van der Waals surface area contributed by atoms with Crippen molar-refractivity contribution in [3.05, 3.63) is 119 Å². The topological polar surface area (TPSA) is 87.7 Å². The molecular formula is C33H31N5O3S. The molecule has 1 saturated heterocycles. The molecule has 0 spiro atoms. The van der Waals surface area contributed by atoms with Crippen LogP contribution >= 0.6 is 11.9 Å². The van der Waals surface area contributed by atoms with Crippen LogP contribution in [0.2, 0.25) is 0 Å². The number of aromatic nitrogens is 2. The summed E-state index contributed by atoms with van der Waals surface area (Å²) >= 11 is 1.38. The van der Waals surface area contributed by atoms with E-state index in [2.05, 4.69) is 31.4 Å². The fraction of sp³-hybridized carbons (Fsp3) is 0.212. The molecule has 9 heteroatoms. The minimum atomic E-state index is -0.117. The molecule has 1 aliphatic rings. The average Bonchev–Trinajstić information content (AvgIpc) is 3.04. The summed E-state index contributed by atoms with van der Waals surface area (Å²) in [6.07, 6.45) is 6.55. The van der Waals surface area contributed by atoms with Gasteiger partial charge in [0.25, 0.3) is 11.8 Å². The lowest BCUT2D eigenvalue weighted by atomic mass is 10.1. The molecule has 4 aromatic rings. The molecule has 1 fully saturated rings. The summed E-state index contributed by atoms with van der Waals surface area (Å²) in [7, 11) is 0. The van der Waals surface area contributed by atoms with Crippen molar-refractivity contribution >= 4 is 29.4 Å². The number of anilines is 1. The third-order valence-electron chi connectivity index (χ3n) is 6.67.